The first-order valence-electron chi connectivity index (χ1n) is 5.18. The van der Waals surface area contributed by atoms with Crippen molar-refractivity contribution in [3.8, 4) is 0 Å². The summed E-state index contributed by atoms with van der Waals surface area (Å²) in [6, 6.07) is 5.73. The normalized spacial score (nSPS) is 10.6. The Kier molecular flexibility index (Phi) is 4.07. The highest BCUT2D eigenvalue weighted by atomic mass is 79.9. The van der Waals surface area contributed by atoms with E-state index in [2.05, 4.69) is 26.2 Å². The van der Waals surface area contributed by atoms with Crippen LogP contribution < -0.4 is 5.32 Å². The highest BCUT2D eigenvalue weighted by Gasteiger charge is 2.05. The molecule has 90 valence electrons. The first-order chi connectivity index (χ1) is 8.06. The Balaban J connectivity index is 2.10. The molecule has 0 radical (unpaired) electrons. The topological polar surface area (TPSA) is 24.9 Å². The number of anilines is 1. The summed E-state index contributed by atoms with van der Waals surface area (Å²) in [5, 5.41) is 5.21. The Labute approximate surface area is 118 Å². The van der Waals surface area contributed by atoms with Gasteiger partial charge in [-0.15, -0.1) is 11.3 Å². The zero-order valence-corrected chi connectivity index (χ0v) is 12.7. The molecule has 0 fully saturated rings. The highest BCUT2D eigenvalue weighted by molar-refractivity contribution is 9.10. The molecule has 1 aromatic carbocycles. The molecule has 0 spiro atoms. The molecule has 2 rings (SSSR count). The standard InChI is InChI=1S/C12H12BrClN2S/c1-7-12(17-8(2)16-7)6-15-11-4-3-9(14)5-10(11)13/h3-5,15H,6H2,1-2H3. The molecule has 0 amide bonds. The minimum Gasteiger partial charge on any atom is -0.379 e. The molecule has 1 N–H and O–H groups in total. The van der Waals surface area contributed by atoms with E-state index in [1.54, 1.807) is 11.3 Å². The fourth-order valence-corrected chi connectivity index (χ4v) is 3.25. The van der Waals surface area contributed by atoms with Gasteiger partial charge in [0.2, 0.25) is 0 Å². The molecule has 0 saturated carbocycles. The molecule has 0 atom stereocenters. The van der Waals surface area contributed by atoms with Gasteiger partial charge in [0.1, 0.15) is 0 Å². The van der Waals surface area contributed by atoms with E-state index < -0.39 is 0 Å². The molecule has 0 bridgehead atoms. The Morgan fingerprint density at radius 3 is 2.76 bits per heavy atom. The second-order valence-corrected chi connectivity index (χ2v) is 6.30. The lowest BCUT2D eigenvalue weighted by molar-refractivity contribution is 1.11. The molecular weight excluding hydrogens is 320 g/mol. The zero-order chi connectivity index (χ0) is 12.4. The third-order valence-corrected chi connectivity index (χ3v) is 4.33. The number of hydrogen-bond acceptors (Lipinski definition) is 3. The number of halogens is 2. The molecule has 0 unspecified atom stereocenters. The fraction of sp³-hybridized carbons (Fsp3) is 0.250. The predicted octanol–water partition coefficient (Wildman–Crippen LogP) is 4.79. The van der Waals surface area contributed by atoms with Crippen molar-refractivity contribution in [1.82, 2.24) is 4.98 Å². The van der Waals surface area contributed by atoms with Crippen molar-refractivity contribution in [2.75, 3.05) is 5.32 Å². The quantitative estimate of drug-likeness (QED) is 0.875. The molecule has 2 nitrogen and oxygen atoms in total. The fourth-order valence-electron chi connectivity index (χ4n) is 1.55. The van der Waals surface area contributed by atoms with Gasteiger partial charge in [-0.05, 0) is 48.0 Å². The van der Waals surface area contributed by atoms with E-state index in [1.807, 2.05) is 32.0 Å². The lowest BCUT2D eigenvalue weighted by atomic mass is 10.3. The van der Waals surface area contributed by atoms with Gasteiger partial charge in [-0.2, -0.15) is 0 Å². The molecule has 0 aliphatic heterocycles. The van der Waals surface area contributed by atoms with Gasteiger partial charge in [-0.3, -0.25) is 0 Å². The molecule has 1 heterocycles. The number of aryl methyl sites for hydroxylation is 2. The van der Waals surface area contributed by atoms with Crippen LogP contribution in [0, 0.1) is 13.8 Å². The summed E-state index contributed by atoms with van der Waals surface area (Å²) in [6.07, 6.45) is 0. The third kappa shape index (κ3) is 3.21. The molecule has 5 heteroatoms. The van der Waals surface area contributed by atoms with Gasteiger partial charge in [-0.1, -0.05) is 11.6 Å². The van der Waals surface area contributed by atoms with Gasteiger partial charge in [0, 0.05) is 20.1 Å². The summed E-state index contributed by atoms with van der Waals surface area (Å²) in [5.41, 5.74) is 2.14. The van der Waals surface area contributed by atoms with Crippen LogP contribution in [0.1, 0.15) is 15.6 Å². The summed E-state index contributed by atoms with van der Waals surface area (Å²) in [7, 11) is 0. The maximum atomic E-state index is 5.90. The third-order valence-electron chi connectivity index (χ3n) is 2.37. The number of thiazole rings is 1. The second kappa shape index (κ2) is 5.38. The highest BCUT2D eigenvalue weighted by Crippen LogP contribution is 2.27. The molecule has 17 heavy (non-hydrogen) atoms. The first-order valence-corrected chi connectivity index (χ1v) is 7.17. The van der Waals surface area contributed by atoms with Crippen LogP contribution in [0.2, 0.25) is 5.02 Å². The number of benzene rings is 1. The summed E-state index contributed by atoms with van der Waals surface area (Å²) in [4.78, 5) is 5.67. The van der Waals surface area contributed by atoms with E-state index in [-0.39, 0.29) is 0 Å². The minimum atomic E-state index is 0.729. The Bertz CT molecular complexity index is 539. The monoisotopic (exact) mass is 330 g/mol. The average Bonchev–Trinajstić information content (AvgIpc) is 2.56. The maximum absolute atomic E-state index is 5.90. The summed E-state index contributed by atoms with van der Waals surface area (Å²) >= 11 is 11.1. The SMILES string of the molecule is Cc1nc(C)c(CNc2ccc(Cl)cc2Br)s1. The van der Waals surface area contributed by atoms with Crippen molar-refractivity contribution >= 4 is 44.6 Å². The van der Waals surface area contributed by atoms with E-state index >= 15 is 0 Å². The van der Waals surface area contributed by atoms with Gasteiger partial charge in [0.25, 0.3) is 0 Å². The average molecular weight is 332 g/mol. The molecular formula is C12H12BrClN2S. The molecule has 0 saturated heterocycles. The van der Waals surface area contributed by atoms with E-state index in [1.165, 1.54) is 4.88 Å². The van der Waals surface area contributed by atoms with Crippen molar-refractivity contribution in [1.29, 1.82) is 0 Å². The number of nitrogens with one attached hydrogen (secondary N) is 1. The van der Waals surface area contributed by atoms with Gasteiger partial charge >= 0.3 is 0 Å². The van der Waals surface area contributed by atoms with Crippen LogP contribution >= 0.6 is 38.9 Å². The molecule has 0 aliphatic carbocycles. The lowest BCUT2D eigenvalue weighted by Crippen LogP contribution is -1.99. The van der Waals surface area contributed by atoms with E-state index in [9.17, 15) is 0 Å². The van der Waals surface area contributed by atoms with Crippen LogP contribution in [0.5, 0.6) is 0 Å². The Hall–Kier alpha value is -0.580. The van der Waals surface area contributed by atoms with Crippen LogP contribution in [0.4, 0.5) is 5.69 Å². The maximum Gasteiger partial charge on any atom is 0.0900 e. The van der Waals surface area contributed by atoms with Crippen molar-refractivity contribution in [2.45, 2.75) is 20.4 Å². The van der Waals surface area contributed by atoms with Gasteiger partial charge in [0.05, 0.1) is 17.2 Å². The zero-order valence-electron chi connectivity index (χ0n) is 9.55. The molecule has 1 aromatic heterocycles. The van der Waals surface area contributed by atoms with Gasteiger partial charge in [-0.25, -0.2) is 4.98 Å². The van der Waals surface area contributed by atoms with Crippen LogP contribution in [0.25, 0.3) is 0 Å². The smallest absolute Gasteiger partial charge is 0.0900 e. The number of rotatable bonds is 3. The van der Waals surface area contributed by atoms with Crippen molar-refractivity contribution in [3.63, 3.8) is 0 Å². The van der Waals surface area contributed by atoms with E-state index in [0.29, 0.717) is 0 Å². The van der Waals surface area contributed by atoms with Crippen molar-refractivity contribution in [2.24, 2.45) is 0 Å². The van der Waals surface area contributed by atoms with Crippen LogP contribution in [0.3, 0.4) is 0 Å². The van der Waals surface area contributed by atoms with E-state index in [0.717, 1.165) is 32.4 Å². The van der Waals surface area contributed by atoms with Crippen LogP contribution in [-0.2, 0) is 6.54 Å². The Morgan fingerprint density at radius 1 is 1.41 bits per heavy atom. The number of aromatic nitrogens is 1. The number of hydrogen-bond donors (Lipinski definition) is 1. The first kappa shape index (κ1) is 12.9. The van der Waals surface area contributed by atoms with Crippen LogP contribution in [0.15, 0.2) is 22.7 Å². The Morgan fingerprint density at radius 2 is 2.18 bits per heavy atom. The predicted molar refractivity (Wildman–Crippen MR) is 78.1 cm³/mol. The molecule has 2 aromatic rings. The van der Waals surface area contributed by atoms with Gasteiger partial charge in [0.15, 0.2) is 0 Å². The van der Waals surface area contributed by atoms with E-state index in [4.69, 9.17) is 11.6 Å². The lowest BCUT2D eigenvalue weighted by Gasteiger charge is -2.07. The summed E-state index contributed by atoms with van der Waals surface area (Å²) in [5.74, 6) is 0. The second-order valence-electron chi connectivity index (χ2n) is 3.72. The van der Waals surface area contributed by atoms with Crippen molar-refractivity contribution < 1.29 is 0 Å². The number of nitrogens with zero attached hydrogens (tertiary/aromatic N) is 1. The minimum absolute atomic E-state index is 0.729. The summed E-state index contributed by atoms with van der Waals surface area (Å²) in [6.45, 7) is 4.86. The largest absolute Gasteiger partial charge is 0.379 e. The van der Waals surface area contributed by atoms with Crippen LogP contribution in [-0.4, -0.2) is 4.98 Å². The summed E-state index contributed by atoms with van der Waals surface area (Å²) < 4.78 is 0.976. The van der Waals surface area contributed by atoms with Crippen molar-refractivity contribution in [3.05, 3.63) is 43.3 Å². The van der Waals surface area contributed by atoms with Gasteiger partial charge < -0.3 is 5.32 Å². The molecule has 0 aliphatic rings.